The predicted molar refractivity (Wildman–Crippen MR) is 110 cm³/mol. The van der Waals surface area contributed by atoms with Gasteiger partial charge in [-0.3, -0.25) is 0 Å². The minimum atomic E-state index is -2.94. The summed E-state index contributed by atoms with van der Waals surface area (Å²) in [5.74, 6) is 1.66. The van der Waals surface area contributed by atoms with Crippen molar-refractivity contribution >= 4 is 15.8 Å². The quantitative estimate of drug-likeness (QED) is 0.317. The first-order valence-corrected chi connectivity index (χ1v) is 11.3. The zero-order chi connectivity index (χ0) is 20.1. The molecule has 27 heavy (non-hydrogen) atoms. The Kier molecular flexibility index (Phi) is 10.8. The molecule has 2 N–H and O–H groups in total. The van der Waals surface area contributed by atoms with Crippen LogP contribution in [0.2, 0.25) is 0 Å². The van der Waals surface area contributed by atoms with Crippen molar-refractivity contribution in [3.8, 4) is 5.75 Å². The average Bonchev–Trinajstić information content (AvgIpc) is 2.60. The van der Waals surface area contributed by atoms with Crippen molar-refractivity contribution in [1.82, 2.24) is 10.6 Å². The van der Waals surface area contributed by atoms with E-state index in [9.17, 15) is 8.42 Å². The van der Waals surface area contributed by atoms with Crippen LogP contribution in [0.1, 0.15) is 30.9 Å². The van der Waals surface area contributed by atoms with E-state index in [2.05, 4.69) is 15.6 Å². The summed E-state index contributed by atoms with van der Waals surface area (Å²) in [6, 6.07) is 6.08. The molecule has 0 aromatic heterocycles. The number of hydrogen-bond donors (Lipinski definition) is 2. The minimum Gasteiger partial charge on any atom is -0.493 e. The predicted octanol–water partition coefficient (Wildman–Crippen LogP) is 1.90. The molecule has 7 nitrogen and oxygen atoms in total. The average molecular weight is 400 g/mol. The number of sulfone groups is 1. The monoisotopic (exact) mass is 399 g/mol. The van der Waals surface area contributed by atoms with E-state index in [-0.39, 0.29) is 5.75 Å². The van der Waals surface area contributed by atoms with Crippen LogP contribution < -0.4 is 15.4 Å². The van der Waals surface area contributed by atoms with Crippen LogP contribution >= 0.6 is 0 Å². The molecule has 0 saturated carbocycles. The highest BCUT2D eigenvalue weighted by Gasteiger charge is 2.06. The fourth-order valence-corrected chi connectivity index (χ4v) is 3.03. The van der Waals surface area contributed by atoms with Gasteiger partial charge in [0, 0.05) is 45.0 Å². The molecule has 0 heterocycles. The van der Waals surface area contributed by atoms with Crippen LogP contribution in [0.25, 0.3) is 0 Å². The summed E-state index contributed by atoms with van der Waals surface area (Å²) in [6.45, 7) is 7.03. The van der Waals surface area contributed by atoms with Crippen LogP contribution in [0.4, 0.5) is 0 Å². The second-order valence-electron chi connectivity index (χ2n) is 6.41. The third-order valence-corrected chi connectivity index (χ3v) is 4.74. The van der Waals surface area contributed by atoms with Crippen LogP contribution in [-0.4, -0.2) is 59.8 Å². The summed E-state index contributed by atoms with van der Waals surface area (Å²) in [6.07, 6.45) is 2.62. The van der Waals surface area contributed by atoms with Crippen molar-refractivity contribution < 1.29 is 17.9 Å². The fourth-order valence-electron chi connectivity index (χ4n) is 2.36. The van der Waals surface area contributed by atoms with Gasteiger partial charge in [0.2, 0.25) is 0 Å². The Hall–Kier alpha value is -1.80. The van der Waals surface area contributed by atoms with Gasteiger partial charge < -0.3 is 20.1 Å². The maximum absolute atomic E-state index is 11.2. The van der Waals surface area contributed by atoms with E-state index >= 15 is 0 Å². The molecule has 0 saturated heterocycles. The van der Waals surface area contributed by atoms with Gasteiger partial charge in [-0.2, -0.15) is 0 Å². The third-order valence-electron chi connectivity index (χ3n) is 3.71. The van der Waals surface area contributed by atoms with E-state index in [1.165, 1.54) is 6.26 Å². The lowest BCUT2D eigenvalue weighted by atomic mass is 10.1. The zero-order valence-electron chi connectivity index (χ0n) is 16.9. The fraction of sp³-hybridized carbons (Fsp3) is 0.632. The molecule has 0 spiro atoms. The van der Waals surface area contributed by atoms with Crippen molar-refractivity contribution in [3.63, 3.8) is 0 Å². The molecule has 8 heteroatoms. The van der Waals surface area contributed by atoms with Gasteiger partial charge in [-0.15, -0.1) is 0 Å². The Labute approximate surface area is 163 Å². The Morgan fingerprint density at radius 2 is 1.96 bits per heavy atom. The van der Waals surface area contributed by atoms with Gasteiger partial charge in [0.25, 0.3) is 0 Å². The summed E-state index contributed by atoms with van der Waals surface area (Å²) >= 11 is 0. The number of benzene rings is 1. The largest absolute Gasteiger partial charge is 0.493 e. The maximum Gasteiger partial charge on any atom is 0.191 e. The molecule has 1 aromatic carbocycles. The number of methoxy groups -OCH3 is 1. The van der Waals surface area contributed by atoms with Gasteiger partial charge in [-0.05, 0) is 31.9 Å². The van der Waals surface area contributed by atoms with Crippen molar-refractivity contribution in [2.75, 3.05) is 45.4 Å². The number of guanidine groups is 1. The third kappa shape index (κ3) is 10.8. The summed E-state index contributed by atoms with van der Waals surface area (Å²) in [5.41, 5.74) is 2.14. The topological polar surface area (TPSA) is 89.0 Å². The second-order valence-corrected chi connectivity index (χ2v) is 8.67. The summed E-state index contributed by atoms with van der Waals surface area (Å²) in [4.78, 5) is 4.59. The van der Waals surface area contributed by atoms with Crippen molar-refractivity contribution in [2.24, 2.45) is 4.99 Å². The Morgan fingerprint density at radius 3 is 2.63 bits per heavy atom. The number of rotatable bonds is 12. The molecule has 0 unspecified atom stereocenters. The summed E-state index contributed by atoms with van der Waals surface area (Å²) < 4.78 is 33.4. The zero-order valence-corrected chi connectivity index (χ0v) is 17.7. The normalized spacial score (nSPS) is 12.1. The second kappa shape index (κ2) is 12.6. The highest BCUT2D eigenvalue weighted by Crippen LogP contribution is 2.21. The summed E-state index contributed by atoms with van der Waals surface area (Å²) in [5, 5.41) is 6.34. The molecule has 0 aliphatic rings. The molecule has 1 aromatic rings. The van der Waals surface area contributed by atoms with Gasteiger partial charge >= 0.3 is 0 Å². The smallest absolute Gasteiger partial charge is 0.191 e. The molecule has 0 fully saturated rings. The van der Waals surface area contributed by atoms with Crippen LogP contribution in [-0.2, 0) is 21.1 Å². The molecular formula is C19H33N3O4S. The van der Waals surface area contributed by atoms with E-state index in [0.29, 0.717) is 38.7 Å². The van der Waals surface area contributed by atoms with Gasteiger partial charge in [0.1, 0.15) is 15.6 Å². The number of aryl methyl sites for hydroxylation is 1. The number of ether oxygens (including phenoxy) is 2. The molecule has 0 bridgehead atoms. The highest BCUT2D eigenvalue weighted by molar-refractivity contribution is 7.90. The number of hydrogen-bond acceptors (Lipinski definition) is 5. The van der Waals surface area contributed by atoms with Crippen LogP contribution in [0, 0.1) is 6.92 Å². The number of nitrogens with zero attached hydrogens (tertiary/aromatic N) is 1. The number of nitrogens with one attached hydrogen (secondary N) is 2. The van der Waals surface area contributed by atoms with Crippen LogP contribution in [0.3, 0.4) is 0 Å². The molecule has 0 aliphatic carbocycles. The Morgan fingerprint density at radius 1 is 1.19 bits per heavy atom. The van der Waals surface area contributed by atoms with Gasteiger partial charge in [0.15, 0.2) is 5.96 Å². The molecular weight excluding hydrogens is 366 g/mol. The van der Waals surface area contributed by atoms with E-state index in [0.717, 1.165) is 29.8 Å². The Bertz CT molecular complexity index is 690. The molecule has 0 radical (unpaired) electrons. The molecule has 0 amide bonds. The standard InChI is InChI=1S/C19H33N3O4S/c1-5-20-19(21-10-6-13-27(4,23)24)22-15-17-9-8-16(2)14-18(17)26-12-7-11-25-3/h8-9,14H,5-7,10-13,15H2,1-4H3,(H2,20,21,22). The van der Waals surface area contributed by atoms with Crippen molar-refractivity contribution in [1.29, 1.82) is 0 Å². The van der Waals surface area contributed by atoms with Crippen LogP contribution in [0.15, 0.2) is 23.2 Å². The van der Waals surface area contributed by atoms with E-state index in [1.54, 1.807) is 7.11 Å². The minimum absolute atomic E-state index is 0.164. The van der Waals surface area contributed by atoms with Crippen LogP contribution in [0.5, 0.6) is 5.75 Å². The first-order valence-electron chi connectivity index (χ1n) is 9.27. The molecule has 1 rings (SSSR count). The lowest BCUT2D eigenvalue weighted by molar-refractivity contribution is 0.172. The maximum atomic E-state index is 11.2. The van der Waals surface area contributed by atoms with Crippen molar-refractivity contribution in [2.45, 2.75) is 33.2 Å². The van der Waals surface area contributed by atoms with E-state index < -0.39 is 9.84 Å². The van der Waals surface area contributed by atoms with Gasteiger partial charge in [-0.1, -0.05) is 12.1 Å². The van der Waals surface area contributed by atoms with Crippen molar-refractivity contribution in [3.05, 3.63) is 29.3 Å². The Balaban J connectivity index is 2.68. The summed E-state index contributed by atoms with van der Waals surface area (Å²) in [7, 11) is -1.26. The van der Waals surface area contributed by atoms with E-state index in [4.69, 9.17) is 9.47 Å². The first-order chi connectivity index (χ1) is 12.9. The highest BCUT2D eigenvalue weighted by atomic mass is 32.2. The van der Waals surface area contributed by atoms with E-state index in [1.807, 2.05) is 32.0 Å². The van der Waals surface area contributed by atoms with Gasteiger partial charge in [0.05, 0.1) is 18.9 Å². The van der Waals surface area contributed by atoms with Gasteiger partial charge in [-0.25, -0.2) is 13.4 Å². The molecule has 0 aliphatic heterocycles. The SMILES string of the molecule is CCNC(=NCc1ccc(C)cc1OCCCOC)NCCCS(C)(=O)=O. The first kappa shape index (κ1) is 23.2. The lowest BCUT2D eigenvalue weighted by Crippen LogP contribution is -2.38. The number of aliphatic imine (C=N–C) groups is 1. The molecule has 154 valence electrons. The lowest BCUT2D eigenvalue weighted by Gasteiger charge is -2.13. The molecule has 0 atom stereocenters.